The number of fused-ring (bicyclic) bond motifs is 1. The Kier molecular flexibility index (Phi) is 5.71. The molecule has 32 heavy (non-hydrogen) atoms. The Labute approximate surface area is 184 Å². The number of nitrogen functional groups attached to an aromatic ring is 1. The number of carbonyl (C=O) groups is 2. The van der Waals surface area contributed by atoms with E-state index in [2.05, 4.69) is 5.32 Å². The van der Waals surface area contributed by atoms with E-state index in [-0.39, 0.29) is 30.5 Å². The molecule has 0 saturated carbocycles. The summed E-state index contributed by atoms with van der Waals surface area (Å²) >= 11 is 0. The maximum absolute atomic E-state index is 13.0. The highest BCUT2D eigenvalue weighted by molar-refractivity contribution is 7.90. The number of amidine groups is 1. The lowest BCUT2D eigenvalue weighted by Crippen LogP contribution is -2.55. The lowest BCUT2D eigenvalue weighted by molar-refractivity contribution is -0.150. The van der Waals surface area contributed by atoms with E-state index in [4.69, 9.17) is 15.9 Å². The number of aliphatic hydroxyl groups excluding tert-OH is 1. The van der Waals surface area contributed by atoms with Crippen LogP contribution in [0.2, 0.25) is 0 Å². The summed E-state index contributed by atoms with van der Waals surface area (Å²) in [6, 6.07) is 11.1. The zero-order valence-electron chi connectivity index (χ0n) is 16.9. The van der Waals surface area contributed by atoms with Crippen molar-refractivity contribution in [3.8, 4) is 0 Å². The van der Waals surface area contributed by atoms with Crippen LogP contribution < -0.4 is 16.0 Å². The van der Waals surface area contributed by atoms with Crippen LogP contribution >= 0.6 is 0 Å². The number of hydrogen-bond acceptors (Lipinski definition) is 7. The molecule has 5 N–H and O–H groups in total. The fourth-order valence-electron chi connectivity index (χ4n) is 3.76. The number of rotatable bonds is 5. The first-order valence-electron chi connectivity index (χ1n) is 9.83. The van der Waals surface area contributed by atoms with Gasteiger partial charge in [-0.25, -0.2) is 8.42 Å². The standard InChI is InChI=1S/C21H22N4O6S/c22-19(23)12-1-4-15(5-2-12)24-20(27)17(26)18-21(28)25(7-8-31-18)16-6-3-13-10-32(29,30)11-14(13)9-16/h1-6,9,17-18,26H,7-8,10-11H2,(H3,22,23)(H,24,27)/t17-,18-/m1/s1. The van der Waals surface area contributed by atoms with Crippen LogP contribution in [-0.2, 0) is 35.7 Å². The molecule has 0 unspecified atom stereocenters. The molecule has 2 heterocycles. The summed E-state index contributed by atoms with van der Waals surface area (Å²) in [4.78, 5) is 26.9. The maximum atomic E-state index is 13.0. The Morgan fingerprint density at radius 2 is 1.88 bits per heavy atom. The molecule has 1 fully saturated rings. The van der Waals surface area contributed by atoms with Crippen LogP contribution in [0.15, 0.2) is 42.5 Å². The number of morpholine rings is 1. The van der Waals surface area contributed by atoms with Crippen LogP contribution in [0.4, 0.5) is 11.4 Å². The summed E-state index contributed by atoms with van der Waals surface area (Å²) in [5, 5.41) is 20.4. The van der Waals surface area contributed by atoms with Gasteiger partial charge in [-0.15, -0.1) is 0 Å². The molecule has 11 heteroatoms. The Morgan fingerprint density at radius 3 is 2.56 bits per heavy atom. The van der Waals surface area contributed by atoms with Crippen molar-refractivity contribution in [1.29, 1.82) is 5.41 Å². The molecule has 0 aromatic heterocycles. The summed E-state index contributed by atoms with van der Waals surface area (Å²) in [5.74, 6) is -1.62. The van der Waals surface area contributed by atoms with Gasteiger partial charge >= 0.3 is 0 Å². The zero-order chi connectivity index (χ0) is 23.0. The van der Waals surface area contributed by atoms with Crippen molar-refractivity contribution >= 4 is 38.9 Å². The molecule has 0 bridgehead atoms. The van der Waals surface area contributed by atoms with Crippen molar-refractivity contribution < 1.29 is 27.9 Å². The second-order valence-electron chi connectivity index (χ2n) is 7.69. The van der Waals surface area contributed by atoms with E-state index in [9.17, 15) is 23.1 Å². The molecule has 4 rings (SSSR count). The van der Waals surface area contributed by atoms with E-state index in [1.807, 2.05) is 0 Å². The predicted octanol–water partition coefficient (Wildman–Crippen LogP) is 0.130. The average molecular weight is 458 g/mol. The number of nitrogens with one attached hydrogen (secondary N) is 2. The second kappa shape index (κ2) is 8.34. The summed E-state index contributed by atoms with van der Waals surface area (Å²) in [7, 11) is -3.18. The minimum atomic E-state index is -3.18. The average Bonchev–Trinajstić information content (AvgIpc) is 3.06. The lowest BCUT2D eigenvalue weighted by Gasteiger charge is -2.34. The second-order valence-corrected chi connectivity index (χ2v) is 9.76. The van der Waals surface area contributed by atoms with Gasteiger partial charge in [0.1, 0.15) is 5.84 Å². The van der Waals surface area contributed by atoms with Crippen molar-refractivity contribution in [3.05, 3.63) is 59.2 Å². The predicted molar refractivity (Wildman–Crippen MR) is 117 cm³/mol. The van der Waals surface area contributed by atoms with Crippen molar-refractivity contribution in [3.63, 3.8) is 0 Å². The molecule has 168 valence electrons. The topological polar surface area (TPSA) is 163 Å². The number of nitrogens with zero attached hydrogens (tertiary/aromatic N) is 1. The van der Waals surface area contributed by atoms with Crippen molar-refractivity contribution in [2.45, 2.75) is 23.7 Å². The van der Waals surface area contributed by atoms with E-state index in [0.29, 0.717) is 28.1 Å². The Bertz CT molecular complexity index is 1200. The van der Waals surface area contributed by atoms with Gasteiger partial charge < -0.3 is 25.8 Å². The Hall–Kier alpha value is -3.28. The van der Waals surface area contributed by atoms with Crippen LogP contribution in [-0.4, -0.2) is 56.5 Å². The lowest BCUT2D eigenvalue weighted by atomic mass is 10.1. The van der Waals surface area contributed by atoms with Crippen LogP contribution in [0.25, 0.3) is 0 Å². The summed E-state index contributed by atoms with van der Waals surface area (Å²) in [6.07, 6.45) is -3.16. The number of benzene rings is 2. The maximum Gasteiger partial charge on any atom is 0.259 e. The Balaban J connectivity index is 1.47. The van der Waals surface area contributed by atoms with Gasteiger partial charge in [0.15, 0.2) is 22.0 Å². The van der Waals surface area contributed by atoms with E-state index in [1.54, 1.807) is 30.3 Å². The van der Waals surface area contributed by atoms with E-state index in [1.165, 1.54) is 17.0 Å². The highest BCUT2D eigenvalue weighted by atomic mass is 32.2. The van der Waals surface area contributed by atoms with Crippen LogP contribution in [0.3, 0.4) is 0 Å². The third kappa shape index (κ3) is 4.35. The molecule has 2 aliphatic rings. The molecule has 0 spiro atoms. The van der Waals surface area contributed by atoms with Gasteiger partial charge in [0.05, 0.1) is 18.1 Å². The van der Waals surface area contributed by atoms with Gasteiger partial charge in [0.25, 0.3) is 11.8 Å². The van der Waals surface area contributed by atoms with Gasteiger partial charge in [-0.1, -0.05) is 6.07 Å². The summed E-state index contributed by atoms with van der Waals surface area (Å²) in [5.41, 5.74) is 8.08. The highest BCUT2D eigenvalue weighted by Crippen LogP contribution is 2.30. The summed E-state index contributed by atoms with van der Waals surface area (Å²) in [6.45, 7) is 0.311. The third-order valence-corrected chi connectivity index (χ3v) is 6.89. The van der Waals surface area contributed by atoms with E-state index in [0.717, 1.165) is 0 Å². The normalized spacial score (nSPS) is 20.5. The number of sulfone groups is 1. The summed E-state index contributed by atoms with van der Waals surface area (Å²) < 4.78 is 29.1. The smallest absolute Gasteiger partial charge is 0.259 e. The minimum absolute atomic E-state index is 0.0193. The molecule has 2 aliphatic heterocycles. The monoisotopic (exact) mass is 458 g/mol. The molecule has 2 atom stereocenters. The van der Waals surface area contributed by atoms with E-state index < -0.39 is 33.9 Å². The zero-order valence-corrected chi connectivity index (χ0v) is 17.8. The van der Waals surface area contributed by atoms with Crippen LogP contribution in [0.5, 0.6) is 0 Å². The number of hydrogen-bond donors (Lipinski definition) is 4. The molecular formula is C21H22N4O6S. The first-order chi connectivity index (χ1) is 15.1. The number of ether oxygens (including phenoxy) is 1. The molecule has 2 aromatic carbocycles. The van der Waals surface area contributed by atoms with Crippen molar-refractivity contribution in [1.82, 2.24) is 0 Å². The van der Waals surface area contributed by atoms with Gasteiger partial charge in [-0.3, -0.25) is 15.0 Å². The van der Waals surface area contributed by atoms with Crippen molar-refractivity contribution in [2.24, 2.45) is 5.73 Å². The molecule has 10 nitrogen and oxygen atoms in total. The fourth-order valence-corrected chi connectivity index (χ4v) is 5.36. The first kappa shape index (κ1) is 21.9. The molecule has 0 aliphatic carbocycles. The van der Waals surface area contributed by atoms with Crippen LogP contribution in [0, 0.1) is 5.41 Å². The highest BCUT2D eigenvalue weighted by Gasteiger charge is 2.39. The third-order valence-electron chi connectivity index (χ3n) is 5.39. The van der Waals surface area contributed by atoms with E-state index >= 15 is 0 Å². The SMILES string of the molecule is N=C(N)c1ccc(NC(=O)[C@H](O)[C@H]2OCCN(c3ccc4c(c3)CS(=O)(=O)C4)C2=O)cc1. The van der Waals surface area contributed by atoms with Gasteiger partial charge in [-0.05, 0) is 47.5 Å². The number of aliphatic hydroxyl groups is 1. The van der Waals surface area contributed by atoms with Gasteiger partial charge in [0, 0.05) is 23.5 Å². The number of nitrogens with two attached hydrogens (primary N) is 1. The Morgan fingerprint density at radius 1 is 1.19 bits per heavy atom. The van der Waals surface area contributed by atoms with Crippen molar-refractivity contribution in [2.75, 3.05) is 23.4 Å². The van der Waals surface area contributed by atoms with Gasteiger partial charge in [0.2, 0.25) is 0 Å². The molecule has 0 radical (unpaired) electrons. The molecular weight excluding hydrogens is 436 g/mol. The largest absolute Gasteiger partial charge is 0.384 e. The number of amides is 2. The first-order valence-corrected chi connectivity index (χ1v) is 11.7. The number of carbonyl (C=O) groups excluding carboxylic acids is 2. The molecule has 2 amide bonds. The quantitative estimate of drug-likeness (QED) is 0.365. The van der Waals surface area contributed by atoms with Crippen LogP contribution in [0.1, 0.15) is 16.7 Å². The minimum Gasteiger partial charge on any atom is -0.384 e. The molecule has 2 aromatic rings. The number of anilines is 2. The fraction of sp³-hybridized carbons (Fsp3) is 0.286. The molecule has 1 saturated heterocycles. The van der Waals surface area contributed by atoms with Gasteiger partial charge in [-0.2, -0.15) is 0 Å².